The van der Waals surface area contributed by atoms with Crippen LogP contribution in [0, 0.1) is 5.41 Å². The van der Waals surface area contributed by atoms with Crippen molar-refractivity contribution in [2.24, 2.45) is 5.41 Å². The lowest BCUT2D eigenvalue weighted by Gasteiger charge is -2.17. The monoisotopic (exact) mass is 198 g/mol. The summed E-state index contributed by atoms with van der Waals surface area (Å²) >= 11 is 0. The van der Waals surface area contributed by atoms with Crippen LogP contribution in [0.4, 0.5) is 0 Å². The Morgan fingerprint density at radius 3 is 2.57 bits per heavy atom. The molecule has 0 aliphatic heterocycles. The molecule has 0 amide bonds. The third-order valence-corrected chi connectivity index (χ3v) is 2.94. The van der Waals surface area contributed by atoms with Crippen LogP contribution in [-0.4, -0.2) is 19.0 Å². The lowest BCUT2D eigenvalue weighted by Crippen LogP contribution is -2.15. The van der Waals surface area contributed by atoms with Gasteiger partial charge in [0.15, 0.2) is 0 Å². The van der Waals surface area contributed by atoms with Crippen LogP contribution in [0.15, 0.2) is 0 Å². The van der Waals surface area contributed by atoms with Gasteiger partial charge in [0, 0.05) is 12.0 Å². The standard InChI is InChI=1S/C12H22O2/c1-12(2,10-13)8-5-9-14-11-6-3-4-7-11/h10-11H,3-9H2,1-2H3. The van der Waals surface area contributed by atoms with Gasteiger partial charge in [0.05, 0.1) is 6.10 Å². The fourth-order valence-corrected chi connectivity index (χ4v) is 1.89. The van der Waals surface area contributed by atoms with E-state index in [2.05, 4.69) is 0 Å². The molecule has 0 atom stereocenters. The second-order valence-corrected chi connectivity index (χ2v) is 4.99. The summed E-state index contributed by atoms with van der Waals surface area (Å²) < 4.78 is 5.73. The van der Waals surface area contributed by atoms with Crippen LogP contribution in [-0.2, 0) is 9.53 Å². The van der Waals surface area contributed by atoms with Gasteiger partial charge in [-0.1, -0.05) is 26.7 Å². The van der Waals surface area contributed by atoms with E-state index < -0.39 is 0 Å². The van der Waals surface area contributed by atoms with Gasteiger partial charge in [-0.15, -0.1) is 0 Å². The first-order valence-electron chi connectivity index (χ1n) is 5.72. The number of hydrogen-bond donors (Lipinski definition) is 0. The molecule has 2 heteroatoms. The fourth-order valence-electron chi connectivity index (χ4n) is 1.89. The molecule has 0 aromatic carbocycles. The molecule has 0 spiro atoms. The summed E-state index contributed by atoms with van der Waals surface area (Å²) in [4.78, 5) is 10.6. The van der Waals surface area contributed by atoms with Gasteiger partial charge in [0.2, 0.25) is 0 Å². The highest BCUT2D eigenvalue weighted by molar-refractivity contribution is 5.57. The Morgan fingerprint density at radius 1 is 1.36 bits per heavy atom. The van der Waals surface area contributed by atoms with Crippen molar-refractivity contribution in [3.05, 3.63) is 0 Å². The largest absolute Gasteiger partial charge is 0.378 e. The minimum atomic E-state index is -0.168. The first kappa shape index (κ1) is 11.7. The molecule has 1 aliphatic carbocycles. The van der Waals surface area contributed by atoms with Crippen LogP contribution in [0.5, 0.6) is 0 Å². The van der Waals surface area contributed by atoms with Gasteiger partial charge < -0.3 is 9.53 Å². The SMILES string of the molecule is CC(C)(C=O)CCCOC1CCCC1. The van der Waals surface area contributed by atoms with Gasteiger partial charge in [-0.3, -0.25) is 0 Å². The van der Waals surface area contributed by atoms with E-state index >= 15 is 0 Å². The summed E-state index contributed by atoms with van der Waals surface area (Å²) in [6.45, 7) is 4.78. The minimum absolute atomic E-state index is 0.168. The Morgan fingerprint density at radius 2 is 2.00 bits per heavy atom. The molecule has 0 heterocycles. The van der Waals surface area contributed by atoms with Gasteiger partial charge >= 0.3 is 0 Å². The Bertz CT molecular complexity index is 169. The summed E-state index contributed by atoms with van der Waals surface area (Å²) in [6.07, 6.45) is 8.60. The van der Waals surface area contributed by atoms with Crippen LogP contribution >= 0.6 is 0 Å². The van der Waals surface area contributed by atoms with Gasteiger partial charge in [-0.05, 0) is 25.7 Å². The maximum absolute atomic E-state index is 10.6. The number of carbonyl (C=O) groups excluding carboxylic acids is 1. The van der Waals surface area contributed by atoms with E-state index in [1.165, 1.54) is 25.7 Å². The van der Waals surface area contributed by atoms with E-state index in [1.54, 1.807) is 0 Å². The number of ether oxygens (including phenoxy) is 1. The molecule has 2 nitrogen and oxygen atoms in total. The van der Waals surface area contributed by atoms with E-state index in [0.717, 1.165) is 25.7 Å². The Labute approximate surface area is 87.0 Å². The van der Waals surface area contributed by atoms with Crippen molar-refractivity contribution in [2.75, 3.05) is 6.61 Å². The summed E-state index contributed by atoms with van der Waals surface area (Å²) in [6, 6.07) is 0. The first-order chi connectivity index (χ1) is 6.64. The normalized spacial score (nSPS) is 18.7. The topological polar surface area (TPSA) is 26.3 Å². The van der Waals surface area contributed by atoms with E-state index in [4.69, 9.17) is 4.74 Å². The van der Waals surface area contributed by atoms with Crippen LogP contribution in [0.25, 0.3) is 0 Å². The molecule has 0 aromatic rings. The average Bonchev–Trinajstić information content (AvgIpc) is 2.65. The molecule has 0 N–H and O–H groups in total. The molecule has 0 aromatic heterocycles. The molecular weight excluding hydrogens is 176 g/mol. The zero-order chi connectivity index (χ0) is 10.4. The highest BCUT2D eigenvalue weighted by Gasteiger charge is 2.17. The predicted octanol–water partition coefficient (Wildman–Crippen LogP) is 2.95. The number of carbonyl (C=O) groups is 1. The van der Waals surface area contributed by atoms with Crippen molar-refractivity contribution in [3.63, 3.8) is 0 Å². The van der Waals surface area contributed by atoms with Crippen LogP contribution in [0.3, 0.4) is 0 Å². The highest BCUT2D eigenvalue weighted by Crippen LogP contribution is 2.22. The van der Waals surface area contributed by atoms with Gasteiger partial charge in [-0.25, -0.2) is 0 Å². The molecule has 1 fully saturated rings. The predicted molar refractivity (Wildman–Crippen MR) is 57.3 cm³/mol. The summed E-state index contributed by atoms with van der Waals surface area (Å²) in [5, 5.41) is 0. The summed E-state index contributed by atoms with van der Waals surface area (Å²) in [5.41, 5.74) is -0.168. The van der Waals surface area contributed by atoms with Gasteiger partial charge in [0.1, 0.15) is 6.29 Å². The number of rotatable bonds is 6. The van der Waals surface area contributed by atoms with E-state index in [0.29, 0.717) is 6.10 Å². The highest BCUT2D eigenvalue weighted by atomic mass is 16.5. The third kappa shape index (κ3) is 4.23. The zero-order valence-electron chi connectivity index (χ0n) is 9.42. The Kier molecular flexibility index (Phi) is 4.59. The second-order valence-electron chi connectivity index (χ2n) is 4.99. The number of hydrogen-bond acceptors (Lipinski definition) is 2. The smallest absolute Gasteiger partial charge is 0.125 e. The van der Waals surface area contributed by atoms with Crippen molar-refractivity contribution in [3.8, 4) is 0 Å². The van der Waals surface area contributed by atoms with E-state index in [1.807, 2.05) is 13.8 Å². The van der Waals surface area contributed by atoms with Gasteiger partial charge in [-0.2, -0.15) is 0 Å². The molecular formula is C12H22O2. The molecule has 0 saturated heterocycles. The molecule has 1 aliphatic rings. The first-order valence-corrected chi connectivity index (χ1v) is 5.72. The molecule has 0 unspecified atom stereocenters. The molecule has 82 valence electrons. The van der Waals surface area contributed by atoms with Crippen molar-refractivity contribution in [1.82, 2.24) is 0 Å². The van der Waals surface area contributed by atoms with Crippen LogP contribution in [0.1, 0.15) is 52.4 Å². The third-order valence-electron chi connectivity index (χ3n) is 2.94. The Hall–Kier alpha value is -0.370. The molecule has 0 bridgehead atoms. The van der Waals surface area contributed by atoms with E-state index in [-0.39, 0.29) is 5.41 Å². The van der Waals surface area contributed by atoms with Crippen molar-refractivity contribution in [1.29, 1.82) is 0 Å². The van der Waals surface area contributed by atoms with Crippen molar-refractivity contribution in [2.45, 2.75) is 58.5 Å². The van der Waals surface area contributed by atoms with Crippen LogP contribution in [0.2, 0.25) is 0 Å². The maximum Gasteiger partial charge on any atom is 0.125 e. The van der Waals surface area contributed by atoms with Crippen molar-refractivity contribution < 1.29 is 9.53 Å². The minimum Gasteiger partial charge on any atom is -0.378 e. The lowest BCUT2D eigenvalue weighted by atomic mass is 9.90. The van der Waals surface area contributed by atoms with E-state index in [9.17, 15) is 4.79 Å². The fraction of sp³-hybridized carbons (Fsp3) is 0.917. The maximum atomic E-state index is 10.6. The number of aldehydes is 1. The average molecular weight is 198 g/mol. The second kappa shape index (κ2) is 5.50. The zero-order valence-corrected chi connectivity index (χ0v) is 9.42. The molecule has 14 heavy (non-hydrogen) atoms. The van der Waals surface area contributed by atoms with Gasteiger partial charge in [0.25, 0.3) is 0 Å². The lowest BCUT2D eigenvalue weighted by molar-refractivity contribution is -0.115. The summed E-state index contributed by atoms with van der Waals surface area (Å²) in [5.74, 6) is 0. The summed E-state index contributed by atoms with van der Waals surface area (Å²) in [7, 11) is 0. The van der Waals surface area contributed by atoms with Crippen LogP contribution < -0.4 is 0 Å². The molecule has 0 radical (unpaired) electrons. The quantitative estimate of drug-likeness (QED) is 0.484. The Balaban J connectivity index is 2.01. The molecule has 1 saturated carbocycles. The van der Waals surface area contributed by atoms with Crippen molar-refractivity contribution >= 4 is 6.29 Å². The molecule has 1 rings (SSSR count).